The smallest absolute Gasteiger partial charge is 0.338 e. The van der Waals surface area contributed by atoms with Gasteiger partial charge in [0.1, 0.15) is 0 Å². The summed E-state index contributed by atoms with van der Waals surface area (Å²) in [5.74, 6) is -0.0707. The van der Waals surface area contributed by atoms with Gasteiger partial charge in [-0.15, -0.1) is 0 Å². The Kier molecular flexibility index (Phi) is 8.52. The quantitative estimate of drug-likeness (QED) is 0.514. The molecule has 168 valence electrons. The van der Waals surface area contributed by atoms with Crippen molar-refractivity contribution in [3.05, 3.63) is 23.8 Å². The number of ether oxygens (including phenoxy) is 3. The van der Waals surface area contributed by atoms with E-state index in [2.05, 4.69) is 0 Å². The number of carbonyl (C=O) groups excluding carboxylic acids is 2. The molecule has 1 saturated heterocycles. The molecule has 0 aromatic heterocycles. The van der Waals surface area contributed by atoms with E-state index in [1.165, 1.54) is 6.07 Å². The summed E-state index contributed by atoms with van der Waals surface area (Å²) in [7, 11) is -3.14. The van der Waals surface area contributed by atoms with E-state index in [0.29, 0.717) is 37.6 Å². The highest BCUT2D eigenvalue weighted by molar-refractivity contribution is 7.91. The average Bonchev–Trinajstić information content (AvgIpc) is 3.06. The average molecular weight is 442 g/mol. The lowest BCUT2D eigenvalue weighted by atomic mass is 10.1. The summed E-state index contributed by atoms with van der Waals surface area (Å²) < 4.78 is 39.9. The molecule has 9 heteroatoms. The Morgan fingerprint density at radius 1 is 1.13 bits per heavy atom. The van der Waals surface area contributed by atoms with E-state index in [-0.39, 0.29) is 29.2 Å². The summed E-state index contributed by atoms with van der Waals surface area (Å²) >= 11 is 0. The maximum Gasteiger partial charge on any atom is 0.338 e. The lowest BCUT2D eigenvalue weighted by molar-refractivity contribution is -0.138. The van der Waals surface area contributed by atoms with Crippen molar-refractivity contribution in [3.63, 3.8) is 0 Å². The third-order valence-corrected chi connectivity index (χ3v) is 6.81. The first kappa shape index (κ1) is 24.0. The second kappa shape index (κ2) is 10.7. The monoisotopic (exact) mass is 441 g/mol. The molecule has 2 atom stereocenters. The van der Waals surface area contributed by atoms with Crippen molar-refractivity contribution in [3.8, 4) is 11.5 Å². The Bertz CT molecular complexity index is 853. The molecule has 0 radical (unpaired) electrons. The number of hydrogen-bond donors (Lipinski definition) is 0. The van der Waals surface area contributed by atoms with Crippen molar-refractivity contribution in [2.45, 2.75) is 52.6 Å². The fourth-order valence-corrected chi connectivity index (χ4v) is 5.18. The van der Waals surface area contributed by atoms with Crippen LogP contribution in [-0.2, 0) is 19.4 Å². The molecule has 1 heterocycles. The van der Waals surface area contributed by atoms with Gasteiger partial charge in [0.2, 0.25) is 0 Å². The molecule has 1 aliphatic heterocycles. The summed E-state index contributed by atoms with van der Waals surface area (Å²) in [6.45, 7) is 7.89. The van der Waals surface area contributed by atoms with E-state index >= 15 is 0 Å². The highest BCUT2D eigenvalue weighted by atomic mass is 32.2. The van der Waals surface area contributed by atoms with Crippen molar-refractivity contribution < 1.29 is 32.2 Å². The van der Waals surface area contributed by atoms with E-state index in [9.17, 15) is 18.0 Å². The molecule has 2 unspecified atom stereocenters. The number of amides is 1. The van der Waals surface area contributed by atoms with Crippen LogP contribution < -0.4 is 9.47 Å². The molecular formula is C21H31NO7S. The van der Waals surface area contributed by atoms with E-state index in [1.54, 1.807) is 17.0 Å². The van der Waals surface area contributed by atoms with Gasteiger partial charge in [0.05, 0.1) is 30.3 Å². The van der Waals surface area contributed by atoms with E-state index in [4.69, 9.17) is 14.2 Å². The van der Waals surface area contributed by atoms with E-state index in [1.807, 2.05) is 27.7 Å². The minimum atomic E-state index is -3.14. The zero-order chi connectivity index (χ0) is 22.3. The Labute approximate surface area is 178 Å². The molecule has 8 nitrogen and oxygen atoms in total. The van der Waals surface area contributed by atoms with Crippen LogP contribution in [0.15, 0.2) is 18.2 Å². The Balaban J connectivity index is 2.07. The van der Waals surface area contributed by atoms with Crippen LogP contribution in [-0.4, -0.2) is 68.6 Å². The molecule has 1 aromatic carbocycles. The number of carbonyl (C=O) groups is 2. The van der Waals surface area contributed by atoms with E-state index in [0.717, 1.165) is 0 Å². The van der Waals surface area contributed by atoms with Crippen molar-refractivity contribution >= 4 is 21.7 Å². The summed E-state index contributed by atoms with van der Waals surface area (Å²) in [4.78, 5) is 26.8. The van der Waals surface area contributed by atoms with Crippen molar-refractivity contribution in [1.82, 2.24) is 4.90 Å². The van der Waals surface area contributed by atoms with Crippen LogP contribution in [0, 0.1) is 0 Å². The maximum atomic E-state index is 12.8. The van der Waals surface area contributed by atoms with Crippen molar-refractivity contribution in [1.29, 1.82) is 0 Å². The number of nitrogens with zero attached hydrogens (tertiary/aromatic N) is 1. The highest BCUT2D eigenvalue weighted by Gasteiger charge is 2.36. The number of rotatable bonds is 10. The predicted octanol–water partition coefficient (Wildman–Crippen LogP) is 2.46. The number of benzene rings is 1. The molecule has 1 aromatic rings. The second-order valence-electron chi connectivity index (χ2n) is 7.22. The SMILES string of the molecule is CCOc1ccc(C(=O)OCC(=O)N(C(C)CC)C2CCS(=O)(=O)C2)cc1OCC. The summed E-state index contributed by atoms with van der Waals surface area (Å²) in [6.07, 6.45) is 1.08. The lowest BCUT2D eigenvalue weighted by Gasteiger charge is -2.33. The number of hydrogen-bond acceptors (Lipinski definition) is 7. The first-order chi connectivity index (χ1) is 14.2. The topological polar surface area (TPSA) is 99.2 Å². The second-order valence-corrected chi connectivity index (χ2v) is 9.45. The summed E-state index contributed by atoms with van der Waals surface area (Å²) in [5.41, 5.74) is 0.244. The third-order valence-electron chi connectivity index (χ3n) is 5.06. The number of sulfone groups is 1. The zero-order valence-electron chi connectivity index (χ0n) is 18.0. The standard InChI is InChI=1S/C21H31NO7S/c1-5-15(4)22(17-10-11-30(25,26)14-17)20(23)13-29-21(24)16-8-9-18(27-6-2)19(12-16)28-7-3/h8-9,12,15,17H,5-7,10-11,13-14H2,1-4H3. The highest BCUT2D eigenvalue weighted by Crippen LogP contribution is 2.29. The van der Waals surface area contributed by atoms with Crippen LogP contribution in [0.1, 0.15) is 50.9 Å². The first-order valence-electron chi connectivity index (χ1n) is 10.3. The van der Waals surface area contributed by atoms with Crippen molar-refractivity contribution in [2.75, 3.05) is 31.3 Å². The largest absolute Gasteiger partial charge is 0.490 e. The van der Waals surface area contributed by atoms with Gasteiger partial charge >= 0.3 is 5.97 Å². The minimum Gasteiger partial charge on any atom is -0.490 e. The van der Waals surface area contributed by atoms with Crippen LogP contribution >= 0.6 is 0 Å². The Morgan fingerprint density at radius 2 is 1.80 bits per heavy atom. The molecule has 1 amide bonds. The van der Waals surface area contributed by atoms with Gasteiger partial charge in [-0.25, -0.2) is 13.2 Å². The minimum absolute atomic E-state index is 0.0480. The van der Waals surface area contributed by atoms with Crippen molar-refractivity contribution in [2.24, 2.45) is 0 Å². The summed E-state index contributed by atoms with van der Waals surface area (Å²) in [6, 6.07) is 4.17. The molecule has 1 fully saturated rings. The fourth-order valence-electron chi connectivity index (χ4n) is 3.46. The molecule has 1 aliphatic rings. The van der Waals surface area contributed by atoms with Gasteiger partial charge in [0, 0.05) is 12.1 Å². The summed E-state index contributed by atoms with van der Waals surface area (Å²) in [5, 5.41) is 0. The maximum absolute atomic E-state index is 12.8. The predicted molar refractivity (Wildman–Crippen MR) is 113 cm³/mol. The Morgan fingerprint density at radius 3 is 2.37 bits per heavy atom. The van der Waals surface area contributed by atoms with Crippen LogP contribution in [0.3, 0.4) is 0 Å². The zero-order valence-corrected chi connectivity index (χ0v) is 18.9. The van der Waals surface area contributed by atoms with Gasteiger partial charge in [-0.05, 0) is 51.8 Å². The molecule has 2 rings (SSSR count). The van der Waals surface area contributed by atoms with Gasteiger partial charge in [-0.1, -0.05) is 6.92 Å². The van der Waals surface area contributed by atoms with Gasteiger partial charge in [-0.3, -0.25) is 4.79 Å². The molecule has 0 aliphatic carbocycles. The molecule has 0 spiro atoms. The molecule has 0 bridgehead atoms. The normalized spacial score (nSPS) is 18.5. The van der Waals surface area contributed by atoms with E-state index < -0.39 is 28.3 Å². The van der Waals surface area contributed by atoms with Crippen LogP contribution in [0.2, 0.25) is 0 Å². The Hall–Kier alpha value is -2.29. The van der Waals surface area contributed by atoms with Crippen LogP contribution in [0.4, 0.5) is 0 Å². The molecular weight excluding hydrogens is 410 g/mol. The fraction of sp³-hybridized carbons (Fsp3) is 0.619. The molecule has 0 N–H and O–H groups in total. The number of esters is 1. The molecule has 30 heavy (non-hydrogen) atoms. The van der Waals surface area contributed by atoms with Crippen LogP contribution in [0.25, 0.3) is 0 Å². The van der Waals surface area contributed by atoms with Crippen LogP contribution in [0.5, 0.6) is 11.5 Å². The van der Waals surface area contributed by atoms with Gasteiger partial charge in [-0.2, -0.15) is 0 Å². The van der Waals surface area contributed by atoms with Gasteiger partial charge < -0.3 is 19.1 Å². The lowest BCUT2D eigenvalue weighted by Crippen LogP contribution is -2.48. The van der Waals surface area contributed by atoms with Gasteiger partial charge in [0.25, 0.3) is 5.91 Å². The first-order valence-corrected chi connectivity index (χ1v) is 12.1. The third kappa shape index (κ3) is 6.10. The van der Waals surface area contributed by atoms with Gasteiger partial charge in [0.15, 0.2) is 27.9 Å². The molecule has 0 saturated carbocycles.